The second kappa shape index (κ2) is 11.6. The minimum Gasteiger partial charge on any atom is -0.126 e. The quantitative estimate of drug-likeness (QED) is 0.461. The van der Waals surface area contributed by atoms with Crippen molar-refractivity contribution in [1.29, 1.82) is 0 Å². The Labute approximate surface area is 99.5 Å². The summed E-state index contributed by atoms with van der Waals surface area (Å²) in [5.74, 6) is 1.27. The molecule has 0 aromatic heterocycles. The van der Waals surface area contributed by atoms with Crippen LogP contribution in [0.2, 0.25) is 0 Å². The summed E-state index contributed by atoms with van der Waals surface area (Å²) in [5, 5.41) is 0. The van der Waals surface area contributed by atoms with Crippen LogP contribution < -0.4 is 0 Å². The Morgan fingerprint density at radius 1 is 0.933 bits per heavy atom. The number of benzene rings is 1. The molecule has 0 N–H and O–H groups in total. The van der Waals surface area contributed by atoms with Crippen LogP contribution in [-0.2, 0) is 0 Å². The molecule has 0 unspecified atom stereocenters. The molecule has 0 saturated heterocycles. The molecule has 0 fully saturated rings. The first kappa shape index (κ1) is 14.6. The number of rotatable bonds is 6. The zero-order valence-corrected chi connectivity index (χ0v) is 11.1. The molecule has 0 atom stereocenters. The Kier molecular flexibility index (Phi) is 11.3. The van der Waals surface area contributed by atoms with E-state index in [9.17, 15) is 0 Å². The summed E-state index contributed by atoms with van der Waals surface area (Å²) < 4.78 is 0. The third-order valence-corrected chi connectivity index (χ3v) is 3.11. The summed E-state index contributed by atoms with van der Waals surface area (Å²) in [6.45, 7) is 6.25. The van der Waals surface area contributed by atoms with Crippen LogP contribution in [0.1, 0.15) is 46.5 Å². The van der Waals surface area contributed by atoms with E-state index in [1.54, 1.807) is 0 Å². The molecule has 1 aromatic carbocycles. The third kappa shape index (κ3) is 8.56. The van der Waals surface area contributed by atoms with Gasteiger partial charge in [0.15, 0.2) is 0 Å². The highest BCUT2D eigenvalue weighted by Gasteiger charge is 1.91. The van der Waals surface area contributed by atoms with Crippen LogP contribution in [0.15, 0.2) is 35.2 Å². The van der Waals surface area contributed by atoms with Crippen LogP contribution in [0.3, 0.4) is 0 Å². The van der Waals surface area contributed by atoms with Gasteiger partial charge in [-0.25, -0.2) is 0 Å². The Morgan fingerprint density at radius 2 is 1.60 bits per heavy atom. The van der Waals surface area contributed by atoms with Crippen molar-refractivity contribution >= 4 is 11.8 Å². The summed E-state index contributed by atoms with van der Waals surface area (Å²) in [6.07, 6.45) is 5.45. The second-order valence-electron chi connectivity index (χ2n) is 3.22. The first-order chi connectivity index (χ1) is 7.43. The molecule has 0 aliphatic rings. The number of thioether (sulfide) groups is 1. The molecule has 86 valence electrons. The molecule has 0 radical (unpaired) electrons. The summed E-state index contributed by atoms with van der Waals surface area (Å²) in [4.78, 5) is 1.40. The highest BCUT2D eigenvalue weighted by atomic mass is 32.2. The van der Waals surface area contributed by atoms with E-state index in [-0.39, 0.29) is 0 Å². The molecule has 0 bridgehead atoms. The molecular formula is C14H24S. The first-order valence-corrected chi connectivity index (χ1v) is 7.10. The average Bonchev–Trinajstić information content (AvgIpc) is 2.33. The fourth-order valence-corrected chi connectivity index (χ4v) is 2.17. The highest BCUT2D eigenvalue weighted by Crippen LogP contribution is 2.18. The molecule has 0 spiro atoms. The molecule has 0 nitrogen and oxygen atoms in total. The number of hydrogen-bond acceptors (Lipinski definition) is 1. The highest BCUT2D eigenvalue weighted by molar-refractivity contribution is 7.99. The normalized spacial score (nSPS) is 9.27. The maximum absolute atomic E-state index is 2.25. The van der Waals surface area contributed by atoms with E-state index in [0.29, 0.717) is 0 Å². The lowest BCUT2D eigenvalue weighted by molar-refractivity contribution is 0.706. The van der Waals surface area contributed by atoms with Crippen molar-refractivity contribution in [2.45, 2.75) is 51.3 Å². The largest absolute Gasteiger partial charge is 0.126 e. The molecule has 15 heavy (non-hydrogen) atoms. The maximum Gasteiger partial charge on any atom is 0.00719 e. The fraction of sp³-hybridized carbons (Fsp3) is 0.571. The van der Waals surface area contributed by atoms with Crippen LogP contribution in [0.4, 0.5) is 0 Å². The monoisotopic (exact) mass is 224 g/mol. The van der Waals surface area contributed by atoms with Gasteiger partial charge in [-0.05, 0) is 24.3 Å². The molecule has 0 amide bonds. The molecule has 1 rings (SSSR count). The minimum absolute atomic E-state index is 1.27. The van der Waals surface area contributed by atoms with Crippen LogP contribution in [-0.4, -0.2) is 5.75 Å². The van der Waals surface area contributed by atoms with Crippen molar-refractivity contribution in [3.05, 3.63) is 30.3 Å². The Morgan fingerprint density at radius 3 is 2.20 bits per heavy atom. The predicted octanol–water partition coefficient (Wildman–Crippen LogP) is 5.39. The topological polar surface area (TPSA) is 0 Å². The molecule has 1 aromatic rings. The van der Waals surface area contributed by atoms with Crippen LogP contribution >= 0.6 is 11.8 Å². The van der Waals surface area contributed by atoms with E-state index in [0.717, 1.165) is 0 Å². The summed E-state index contributed by atoms with van der Waals surface area (Å²) >= 11 is 1.97. The van der Waals surface area contributed by atoms with Gasteiger partial charge in [-0.1, -0.05) is 58.2 Å². The smallest absolute Gasteiger partial charge is 0.00719 e. The SMILES string of the molecule is CC.CCCCCCSc1ccccc1. The van der Waals surface area contributed by atoms with Crippen LogP contribution in [0, 0.1) is 0 Å². The number of hydrogen-bond donors (Lipinski definition) is 0. The lowest BCUT2D eigenvalue weighted by Crippen LogP contribution is -1.80. The average molecular weight is 224 g/mol. The minimum atomic E-state index is 1.27. The van der Waals surface area contributed by atoms with E-state index in [1.165, 1.54) is 36.3 Å². The lowest BCUT2D eigenvalue weighted by atomic mass is 10.2. The van der Waals surface area contributed by atoms with Gasteiger partial charge >= 0.3 is 0 Å². The summed E-state index contributed by atoms with van der Waals surface area (Å²) in [6, 6.07) is 10.7. The maximum atomic E-state index is 2.25. The zero-order chi connectivity index (χ0) is 11.4. The molecule has 0 aliphatic carbocycles. The van der Waals surface area contributed by atoms with E-state index < -0.39 is 0 Å². The van der Waals surface area contributed by atoms with Gasteiger partial charge in [0.2, 0.25) is 0 Å². The standard InChI is InChI=1S/C12H18S.C2H6/c1-2-3-4-8-11-13-12-9-6-5-7-10-12;1-2/h5-7,9-10H,2-4,8,11H2,1H3;1-2H3. The van der Waals surface area contributed by atoms with Gasteiger partial charge in [-0.3, -0.25) is 0 Å². The molecule has 0 saturated carbocycles. The van der Waals surface area contributed by atoms with E-state index >= 15 is 0 Å². The third-order valence-electron chi connectivity index (χ3n) is 2.01. The van der Waals surface area contributed by atoms with Gasteiger partial charge in [0.1, 0.15) is 0 Å². The van der Waals surface area contributed by atoms with Gasteiger partial charge < -0.3 is 0 Å². The van der Waals surface area contributed by atoms with Gasteiger partial charge in [-0.2, -0.15) is 0 Å². The molecule has 0 aliphatic heterocycles. The first-order valence-electron chi connectivity index (χ1n) is 6.11. The Bertz CT molecular complexity index is 206. The second-order valence-corrected chi connectivity index (χ2v) is 4.39. The fourth-order valence-electron chi connectivity index (χ4n) is 1.24. The summed E-state index contributed by atoms with van der Waals surface area (Å²) in [7, 11) is 0. The summed E-state index contributed by atoms with van der Waals surface area (Å²) in [5.41, 5.74) is 0. The van der Waals surface area contributed by atoms with Crippen LogP contribution in [0.5, 0.6) is 0 Å². The van der Waals surface area contributed by atoms with Gasteiger partial charge in [0.05, 0.1) is 0 Å². The Balaban J connectivity index is 0.000000921. The van der Waals surface area contributed by atoms with Gasteiger partial charge in [0.25, 0.3) is 0 Å². The number of unbranched alkanes of at least 4 members (excludes halogenated alkanes) is 3. The van der Waals surface area contributed by atoms with E-state index in [4.69, 9.17) is 0 Å². The van der Waals surface area contributed by atoms with Gasteiger partial charge in [-0.15, -0.1) is 11.8 Å². The van der Waals surface area contributed by atoms with Crippen molar-refractivity contribution in [3.8, 4) is 0 Å². The molecule has 1 heteroatoms. The van der Waals surface area contributed by atoms with Crippen molar-refractivity contribution in [2.24, 2.45) is 0 Å². The van der Waals surface area contributed by atoms with Crippen molar-refractivity contribution in [1.82, 2.24) is 0 Å². The molecular weight excluding hydrogens is 200 g/mol. The van der Waals surface area contributed by atoms with Crippen molar-refractivity contribution in [3.63, 3.8) is 0 Å². The predicted molar refractivity (Wildman–Crippen MR) is 72.7 cm³/mol. The zero-order valence-electron chi connectivity index (χ0n) is 10.3. The molecule has 0 heterocycles. The van der Waals surface area contributed by atoms with Crippen LogP contribution in [0.25, 0.3) is 0 Å². The van der Waals surface area contributed by atoms with Crippen molar-refractivity contribution < 1.29 is 0 Å². The van der Waals surface area contributed by atoms with Gasteiger partial charge in [0, 0.05) is 4.90 Å². The van der Waals surface area contributed by atoms with Crippen molar-refractivity contribution in [2.75, 3.05) is 5.75 Å². The lowest BCUT2D eigenvalue weighted by Gasteiger charge is -2.00. The Hall–Kier alpha value is -0.430. The van der Waals surface area contributed by atoms with E-state index in [1.807, 2.05) is 25.6 Å². The van der Waals surface area contributed by atoms with E-state index in [2.05, 4.69) is 37.3 Å².